The lowest BCUT2D eigenvalue weighted by Gasteiger charge is -2.06. The van der Waals surface area contributed by atoms with Crippen LogP contribution in [0.15, 0.2) is 30.5 Å². The summed E-state index contributed by atoms with van der Waals surface area (Å²) in [7, 11) is 1.48. The summed E-state index contributed by atoms with van der Waals surface area (Å²) in [4.78, 5) is 11.6. The van der Waals surface area contributed by atoms with Gasteiger partial charge in [-0.15, -0.1) is 0 Å². The van der Waals surface area contributed by atoms with E-state index in [2.05, 4.69) is 0 Å². The van der Waals surface area contributed by atoms with Crippen LogP contribution in [0.1, 0.15) is 12.5 Å². The maximum atomic E-state index is 11.6. The molecule has 3 nitrogen and oxygen atoms in total. The summed E-state index contributed by atoms with van der Waals surface area (Å²) in [5.41, 5.74) is 1.09. The quantitative estimate of drug-likeness (QED) is 0.461. The van der Waals surface area contributed by atoms with Gasteiger partial charge < -0.3 is 9.47 Å². The molecule has 1 rings (SSSR count). The first-order chi connectivity index (χ1) is 7.69. The molecule has 1 aromatic carbocycles. The molecule has 0 N–H and O–H groups in total. The van der Waals surface area contributed by atoms with E-state index in [0.29, 0.717) is 22.8 Å². The number of benzene rings is 1. The lowest BCUT2D eigenvalue weighted by molar-refractivity contribution is -0.136. The zero-order valence-corrected chi connectivity index (χ0v) is 9.95. The van der Waals surface area contributed by atoms with Crippen molar-refractivity contribution in [1.29, 1.82) is 0 Å². The zero-order chi connectivity index (χ0) is 12.0. The van der Waals surface area contributed by atoms with Crippen molar-refractivity contribution in [3.63, 3.8) is 0 Å². The second-order valence-corrected chi connectivity index (χ2v) is 3.43. The van der Waals surface area contributed by atoms with Crippen LogP contribution in [0, 0.1) is 0 Å². The highest BCUT2D eigenvalue weighted by molar-refractivity contribution is 6.30. The lowest BCUT2D eigenvalue weighted by atomic mass is 10.1. The molecule has 0 saturated carbocycles. The summed E-state index contributed by atoms with van der Waals surface area (Å²) < 4.78 is 9.78. The van der Waals surface area contributed by atoms with Crippen molar-refractivity contribution in [3.8, 4) is 0 Å². The number of ether oxygens (including phenoxy) is 2. The van der Waals surface area contributed by atoms with Gasteiger partial charge in [-0.2, -0.15) is 0 Å². The molecular weight excluding hydrogens is 228 g/mol. The number of esters is 1. The Kier molecular flexibility index (Phi) is 4.86. The van der Waals surface area contributed by atoms with Gasteiger partial charge in [0.05, 0.1) is 20.0 Å². The highest BCUT2D eigenvalue weighted by atomic mass is 35.5. The molecule has 0 aromatic heterocycles. The molecule has 0 unspecified atom stereocenters. The smallest absolute Gasteiger partial charge is 0.341 e. The summed E-state index contributed by atoms with van der Waals surface area (Å²) in [5.74, 6) is -0.410. The van der Waals surface area contributed by atoms with Gasteiger partial charge in [-0.3, -0.25) is 0 Å². The van der Waals surface area contributed by atoms with Crippen LogP contribution in [-0.4, -0.2) is 19.7 Å². The van der Waals surface area contributed by atoms with E-state index in [4.69, 9.17) is 21.1 Å². The van der Waals surface area contributed by atoms with E-state index in [1.54, 1.807) is 31.2 Å². The fourth-order valence-electron chi connectivity index (χ4n) is 1.19. The second-order valence-electron chi connectivity index (χ2n) is 2.99. The molecule has 0 atom stereocenters. The molecular formula is C12H13ClO3. The average Bonchev–Trinajstić information content (AvgIpc) is 2.28. The zero-order valence-electron chi connectivity index (χ0n) is 9.20. The van der Waals surface area contributed by atoms with Crippen LogP contribution in [0.5, 0.6) is 0 Å². The second kappa shape index (κ2) is 6.18. The van der Waals surface area contributed by atoms with Crippen LogP contribution in [0.4, 0.5) is 0 Å². The monoisotopic (exact) mass is 240 g/mol. The number of methoxy groups -OCH3 is 1. The molecule has 4 heteroatoms. The summed E-state index contributed by atoms with van der Waals surface area (Å²) >= 11 is 5.77. The van der Waals surface area contributed by atoms with Gasteiger partial charge in [0.1, 0.15) is 5.57 Å². The van der Waals surface area contributed by atoms with Gasteiger partial charge in [0, 0.05) is 5.02 Å². The molecule has 0 amide bonds. The van der Waals surface area contributed by atoms with E-state index in [0.717, 1.165) is 0 Å². The Balaban J connectivity index is 2.99. The number of halogens is 1. The van der Waals surface area contributed by atoms with Gasteiger partial charge in [-0.1, -0.05) is 23.7 Å². The van der Waals surface area contributed by atoms with Crippen molar-refractivity contribution in [3.05, 3.63) is 41.1 Å². The minimum Gasteiger partial charge on any atom is -0.503 e. The standard InChI is InChI=1S/C12H13ClO3/c1-3-16-12(14)11(8-15-2)9-4-6-10(13)7-5-9/h4-8H,3H2,1-2H3. The summed E-state index contributed by atoms with van der Waals surface area (Å²) in [6.45, 7) is 2.08. The first-order valence-electron chi connectivity index (χ1n) is 4.85. The molecule has 0 aliphatic carbocycles. The Morgan fingerprint density at radius 3 is 2.50 bits per heavy atom. The number of carbonyl (C=O) groups excluding carboxylic acids is 1. The van der Waals surface area contributed by atoms with Crippen molar-refractivity contribution in [2.45, 2.75) is 6.92 Å². The Labute approximate surface area is 99.6 Å². The highest BCUT2D eigenvalue weighted by Gasteiger charge is 2.13. The van der Waals surface area contributed by atoms with Crippen LogP contribution >= 0.6 is 11.6 Å². The molecule has 1 aromatic rings. The van der Waals surface area contributed by atoms with Gasteiger partial charge in [-0.25, -0.2) is 4.79 Å². The molecule has 0 aliphatic heterocycles. The maximum absolute atomic E-state index is 11.6. The van der Waals surface area contributed by atoms with Crippen molar-refractivity contribution in [2.24, 2.45) is 0 Å². The predicted octanol–water partition coefficient (Wildman–Crippen LogP) is 2.89. The van der Waals surface area contributed by atoms with Gasteiger partial charge in [0.15, 0.2) is 0 Å². The van der Waals surface area contributed by atoms with E-state index >= 15 is 0 Å². The molecule has 0 radical (unpaired) electrons. The third-order valence-corrected chi connectivity index (χ3v) is 2.14. The fraction of sp³-hybridized carbons (Fsp3) is 0.250. The van der Waals surface area contributed by atoms with Crippen LogP contribution in [0.2, 0.25) is 5.02 Å². The Morgan fingerprint density at radius 2 is 2.00 bits per heavy atom. The molecule has 0 bridgehead atoms. The Hall–Kier alpha value is -1.48. The van der Waals surface area contributed by atoms with E-state index in [-0.39, 0.29) is 0 Å². The van der Waals surface area contributed by atoms with E-state index in [1.165, 1.54) is 13.4 Å². The molecule has 0 heterocycles. The number of rotatable bonds is 4. The summed E-state index contributed by atoms with van der Waals surface area (Å²) in [6, 6.07) is 6.90. The topological polar surface area (TPSA) is 35.5 Å². The molecule has 0 spiro atoms. The van der Waals surface area contributed by atoms with Crippen molar-refractivity contribution >= 4 is 23.1 Å². The van der Waals surface area contributed by atoms with Gasteiger partial charge >= 0.3 is 5.97 Å². The van der Waals surface area contributed by atoms with Crippen molar-refractivity contribution in [1.82, 2.24) is 0 Å². The van der Waals surface area contributed by atoms with Crippen molar-refractivity contribution in [2.75, 3.05) is 13.7 Å². The minimum absolute atomic E-state index is 0.327. The molecule has 0 aliphatic rings. The highest BCUT2D eigenvalue weighted by Crippen LogP contribution is 2.19. The van der Waals surface area contributed by atoms with Crippen molar-refractivity contribution < 1.29 is 14.3 Å². The normalized spacial score (nSPS) is 11.1. The number of carbonyl (C=O) groups is 1. The van der Waals surface area contributed by atoms with E-state index in [1.807, 2.05) is 0 Å². The fourth-order valence-corrected chi connectivity index (χ4v) is 1.32. The predicted molar refractivity (Wildman–Crippen MR) is 63.1 cm³/mol. The van der Waals surface area contributed by atoms with Crippen LogP contribution in [0.3, 0.4) is 0 Å². The van der Waals surface area contributed by atoms with Gasteiger partial charge in [0.25, 0.3) is 0 Å². The summed E-state index contributed by atoms with van der Waals surface area (Å²) in [5, 5.41) is 0.615. The average molecular weight is 241 g/mol. The molecule has 0 saturated heterocycles. The Morgan fingerprint density at radius 1 is 1.38 bits per heavy atom. The number of hydrogen-bond acceptors (Lipinski definition) is 3. The molecule has 16 heavy (non-hydrogen) atoms. The first-order valence-corrected chi connectivity index (χ1v) is 5.22. The van der Waals surface area contributed by atoms with Gasteiger partial charge in [0.2, 0.25) is 0 Å². The minimum atomic E-state index is -0.410. The van der Waals surface area contributed by atoms with Gasteiger partial charge in [-0.05, 0) is 24.6 Å². The first kappa shape index (κ1) is 12.6. The van der Waals surface area contributed by atoms with Crippen LogP contribution in [-0.2, 0) is 14.3 Å². The van der Waals surface area contributed by atoms with Crippen LogP contribution < -0.4 is 0 Å². The number of hydrogen-bond donors (Lipinski definition) is 0. The van der Waals surface area contributed by atoms with Crippen LogP contribution in [0.25, 0.3) is 5.57 Å². The SMILES string of the molecule is CCOC(=O)C(=COC)c1ccc(Cl)cc1. The maximum Gasteiger partial charge on any atom is 0.341 e. The van der Waals surface area contributed by atoms with E-state index in [9.17, 15) is 4.79 Å². The lowest BCUT2D eigenvalue weighted by Crippen LogP contribution is -2.07. The largest absolute Gasteiger partial charge is 0.503 e. The third-order valence-electron chi connectivity index (χ3n) is 1.89. The Bertz CT molecular complexity index is 382. The van der Waals surface area contributed by atoms with E-state index < -0.39 is 5.97 Å². The molecule has 86 valence electrons. The summed E-state index contributed by atoms with van der Waals surface area (Å²) in [6.07, 6.45) is 1.36. The third kappa shape index (κ3) is 3.28. The molecule has 0 fully saturated rings.